The second kappa shape index (κ2) is 5.08. The Bertz CT molecular complexity index is 411. The lowest BCUT2D eigenvalue weighted by molar-refractivity contribution is -0.116. The number of hydrogen-bond donors (Lipinski definition) is 1. The van der Waals surface area contributed by atoms with Crippen LogP contribution in [0.15, 0.2) is 23.1 Å². The van der Waals surface area contributed by atoms with E-state index in [1.165, 1.54) is 0 Å². The van der Waals surface area contributed by atoms with Crippen LogP contribution < -0.4 is 10.6 Å². The van der Waals surface area contributed by atoms with Crippen LogP contribution in [0.5, 0.6) is 0 Å². The molecule has 0 saturated heterocycles. The van der Waals surface area contributed by atoms with Crippen LogP contribution in [-0.4, -0.2) is 24.1 Å². The van der Waals surface area contributed by atoms with E-state index < -0.39 is 0 Å². The highest BCUT2D eigenvalue weighted by Crippen LogP contribution is 2.35. The fraction of sp³-hybridized carbons (Fsp3) is 0.364. The maximum absolute atomic E-state index is 11.8. The van der Waals surface area contributed by atoms with Crippen LogP contribution in [-0.2, 0) is 11.3 Å². The lowest BCUT2D eigenvalue weighted by atomic mass is 10.2. The van der Waals surface area contributed by atoms with Crippen molar-refractivity contribution in [2.75, 3.05) is 23.1 Å². The second-order valence-electron chi connectivity index (χ2n) is 3.53. The molecule has 5 heteroatoms. The molecule has 0 fully saturated rings. The molecular weight excluding hydrogens is 244 g/mol. The molecular formula is C11H13ClN2OS. The Balaban J connectivity index is 2.39. The predicted molar refractivity (Wildman–Crippen MR) is 68.1 cm³/mol. The van der Waals surface area contributed by atoms with E-state index in [2.05, 4.69) is 0 Å². The van der Waals surface area contributed by atoms with Crippen molar-refractivity contribution in [3.05, 3.63) is 23.8 Å². The summed E-state index contributed by atoms with van der Waals surface area (Å²) in [7, 11) is 0. The Labute approximate surface area is 104 Å². The first-order valence-corrected chi connectivity index (χ1v) is 6.60. The van der Waals surface area contributed by atoms with Crippen molar-refractivity contribution in [1.29, 1.82) is 0 Å². The monoisotopic (exact) mass is 256 g/mol. The van der Waals surface area contributed by atoms with Crippen LogP contribution in [0.25, 0.3) is 0 Å². The van der Waals surface area contributed by atoms with Crippen molar-refractivity contribution < 1.29 is 4.79 Å². The van der Waals surface area contributed by atoms with Crippen LogP contribution in [0, 0.1) is 0 Å². The van der Waals surface area contributed by atoms with Gasteiger partial charge in [-0.3, -0.25) is 4.79 Å². The molecule has 2 N–H and O–H groups in total. The first kappa shape index (κ1) is 11.8. The van der Waals surface area contributed by atoms with Crippen molar-refractivity contribution in [3.8, 4) is 0 Å². The number of carbonyl (C=O) groups excluding carboxylic acids is 1. The second-order valence-corrected chi connectivity index (χ2v) is 4.92. The number of alkyl halides is 1. The molecule has 0 aromatic heterocycles. The van der Waals surface area contributed by atoms with Crippen molar-refractivity contribution in [1.82, 2.24) is 0 Å². The number of nitrogens with zero attached hydrogens (tertiary/aromatic N) is 1. The van der Waals surface area contributed by atoms with Gasteiger partial charge in [-0.25, -0.2) is 0 Å². The SMILES string of the molecule is NCc1ccc2c(c1)N(CCCl)C(=O)CS2. The minimum atomic E-state index is 0.118. The van der Waals surface area contributed by atoms with Crippen LogP contribution in [0.4, 0.5) is 5.69 Å². The minimum absolute atomic E-state index is 0.118. The zero-order valence-corrected chi connectivity index (χ0v) is 10.4. The van der Waals surface area contributed by atoms with Gasteiger partial charge in [0.05, 0.1) is 11.4 Å². The van der Waals surface area contributed by atoms with Crippen molar-refractivity contribution in [3.63, 3.8) is 0 Å². The van der Waals surface area contributed by atoms with Gasteiger partial charge in [0.1, 0.15) is 0 Å². The molecule has 1 aliphatic heterocycles. The maximum atomic E-state index is 11.8. The quantitative estimate of drug-likeness (QED) is 0.840. The molecule has 0 unspecified atom stereocenters. The number of anilines is 1. The molecule has 1 aliphatic rings. The van der Waals surface area contributed by atoms with Gasteiger partial charge in [0, 0.05) is 23.9 Å². The number of amides is 1. The highest BCUT2D eigenvalue weighted by Gasteiger charge is 2.24. The van der Waals surface area contributed by atoms with E-state index in [1.807, 2.05) is 18.2 Å². The summed E-state index contributed by atoms with van der Waals surface area (Å²) < 4.78 is 0. The van der Waals surface area contributed by atoms with Gasteiger partial charge >= 0.3 is 0 Å². The molecule has 0 spiro atoms. The van der Waals surface area contributed by atoms with E-state index in [0.29, 0.717) is 24.7 Å². The smallest absolute Gasteiger partial charge is 0.237 e. The number of rotatable bonds is 3. The lowest BCUT2D eigenvalue weighted by Gasteiger charge is -2.28. The molecule has 1 amide bonds. The van der Waals surface area contributed by atoms with Gasteiger partial charge in [-0.05, 0) is 17.7 Å². The summed E-state index contributed by atoms with van der Waals surface area (Å²) in [6.45, 7) is 1.04. The van der Waals surface area contributed by atoms with Gasteiger partial charge in [-0.15, -0.1) is 23.4 Å². The molecule has 16 heavy (non-hydrogen) atoms. The first-order valence-electron chi connectivity index (χ1n) is 5.08. The molecule has 0 saturated carbocycles. The molecule has 1 aromatic carbocycles. The summed E-state index contributed by atoms with van der Waals surface area (Å²) in [5.41, 5.74) is 7.59. The topological polar surface area (TPSA) is 46.3 Å². The van der Waals surface area contributed by atoms with Gasteiger partial charge in [-0.2, -0.15) is 0 Å². The molecule has 0 radical (unpaired) electrons. The number of thioether (sulfide) groups is 1. The van der Waals surface area contributed by atoms with Gasteiger partial charge in [0.25, 0.3) is 0 Å². The van der Waals surface area contributed by atoms with Gasteiger partial charge < -0.3 is 10.6 Å². The molecule has 2 rings (SSSR count). The van der Waals surface area contributed by atoms with E-state index in [9.17, 15) is 4.79 Å². The summed E-state index contributed by atoms with van der Waals surface area (Å²) >= 11 is 7.29. The van der Waals surface area contributed by atoms with Crippen LogP contribution in [0.2, 0.25) is 0 Å². The Morgan fingerprint density at radius 2 is 2.31 bits per heavy atom. The summed E-state index contributed by atoms with van der Waals surface area (Å²) in [6, 6.07) is 6.00. The number of nitrogens with two attached hydrogens (primary N) is 1. The van der Waals surface area contributed by atoms with Crippen molar-refractivity contribution >= 4 is 35.0 Å². The highest BCUT2D eigenvalue weighted by atomic mass is 35.5. The first-order chi connectivity index (χ1) is 7.76. The van der Waals surface area contributed by atoms with Crippen LogP contribution in [0.1, 0.15) is 5.56 Å². The minimum Gasteiger partial charge on any atom is -0.326 e. The van der Waals surface area contributed by atoms with E-state index >= 15 is 0 Å². The Morgan fingerprint density at radius 3 is 3.00 bits per heavy atom. The number of benzene rings is 1. The predicted octanol–water partition coefficient (Wildman–Crippen LogP) is 1.82. The molecule has 1 heterocycles. The molecule has 0 bridgehead atoms. The third kappa shape index (κ3) is 2.19. The average Bonchev–Trinajstić information content (AvgIpc) is 2.32. The Hall–Kier alpha value is -0.710. The van der Waals surface area contributed by atoms with Gasteiger partial charge in [-0.1, -0.05) is 6.07 Å². The summed E-state index contributed by atoms with van der Waals surface area (Å²) in [5.74, 6) is 1.06. The van der Waals surface area contributed by atoms with Crippen molar-refractivity contribution in [2.45, 2.75) is 11.4 Å². The van der Waals surface area contributed by atoms with Crippen LogP contribution >= 0.6 is 23.4 Å². The zero-order chi connectivity index (χ0) is 11.5. The van der Waals surface area contributed by atoms with Crippen LogP contribution in [0.3, 0.4) is 0 Å². The van der Waals surface area contributed by atoms with E-state index in [1.54, 1.807) is 16.7 Å². The summed E-state index contributed by atoms with van der Waals surface area (Å²) in [4.78, 5) is 14.6. The largest absolute Gasteiger partial charge is 0.326 e. The third-order valence-electron chi connectivity index (χ3n) is 2.51. The fourth-order valence-electron chi connectivity index (χ4n) is 1.70. The van der Waals surface area contributed by atoms with Gasteiger partial charge in [0.15, 0.2) is 0 Å². The lowest BCUT2D eigenvalue weighted by Crippen LogP contribution is -2.36. The fourth-order valence-corrected chi connectivity index (χ4v) is 2.79. The Morgan fingerprint density at radius 1 is 1.50 bits per heavy atom. The molecule has 0 aliphatic carbocycles. The summed E-state index contributed by atoms with van der Waals surface area (Å²) in [6.07, 6.45) is 0. The molecule has 0 atom stereocenters. The molecule has 1 aromatic rings. The van der Waals surface area contributed by atoms with E-state index in [4.69, 9.17) is 17.3 Å². The summed E-state index contributed by atoms with van der Waals surface area (Å²) in [5, 5.41) is 0. The zero-order valence-electron chi connectivity index (χ0n) is 8.78. The highest BCUT2D eigenvalue weighted by molar-refractivity contribution is 8.00. The number of hydrogen-bond acceptors (Lipinski definition) is 3. The normalized spacial score (nSPS) is 15.1. The van der Waals surface area contributed by atoms with Gasteiger partial charge in [0.2, 0.25) is 5.91 Å². The number of fused-ring (bicyclic) bond motifs is 1. The Kier molecular flexibility index (Phi) is 3.74. The maximum Gasteiger partial charge on any atom is 0.237 e. The standard InChI is InChI=1S/C11H13ClN2OS/c12-3-4-14-9-5-8(6-13)1-2-10(9)16-7-11(14)15/h1-2,5H,3-4,6-7,13H2. The van der Waals surface area contributed by atoms with E-state index in [0.717, 1.165) is 16.1 Å². The third-order valence-corrected chi connectivity index (χ3v) is 3.73. The molecule has 86 valence electrons. The van der Waals surface area contributed by atoms with Crippen molar-refractivity contribution in [2.24, 2.45) is 5.73 Å². The number of halogens is 1. The molecule has 3 nitrogen and oxygen atoms in total. The number of carbonyl (C=O) groups is 1. The average molecular weight is 257 g/mol. The van der Waals surface area contributed by atoms with E-state index in [-0.39, 0.29) is 5.91 Å².